The smallest absolute Gasteiger partial charge is 0.273 e. The lowest BCUT2D eigenvalue weighted by Gasteiger charge is -2.25. The summed E-state index contributed by atoms with van der Waals surface area (Å²) in [4.78, 5) is 14.8. The second kappa shape index (κ2) is 5.81. The molecule has 0 spiro atoms. The van der Waals surface area contributed by atoms with Crippen LogP contribution < -0.4 is 5.32 Å². The van der Waals surface area contributed by atoms with Crippen LogP contribution in [0.5, 0.6) is 0 Å². The lowest BCUT2D eigenvalue weighted by molar-refractivity contribution is 0.0918. The number of carbonyl (C=O) groups is 1. The number of rotatable bonds is 4. The van der Waals surface area contributed by atoms with Crippen molar-refractivity contribution < 1.29 is 9.32 Å². The Morgan fingerprint density at radius 2 is 2.04 bits per heavy atom. The lowest BCUT2D eigenvalue weighted by atomic mass is 10.00. The number of aromatic nitrogens is 1. The predicted molar refractivity (Wildman–Crippen MR) is 86.2 cm³/mol. The van der Waals surface area contributed by atoms with Gasteiger partial charge in [0, 0.05) is 18.5 Å². The first-order valence-corrected chi connectivity index (χ1v) is 8.25. The molecule has 1 aliphatic heterocycles. The molecule has 5 nitrogen and oxygen atoms in total. The number of nitrogens with zero attached hydrogens (tertiary/aromatic N) is 2. The normalized spacial score (nSPS) is 24.7. The number of amides is 1. The van der Waals surface area contributed by atoms with Crippen LogP contribution in [-0.4, -0.2) is 35.6 Å². The molecule has 2 heterocycles. The minimum Gasteiger partial charge on any atom is -0.360 e. The summed E-state index contributed by atoms with van der Waals surface area (Å²) >= 11 is 0. The summed E-state index contributed by atoms with van der Waals surface area (Å²) < 4.78 is 5.29. The molecule has 4 rings (SSSR count). The highest BCUT2D eigenvalue weighted by Crippen LogP contribution is 2.40. The van der Waals surface area contributed by atoms with E-state index in [4.69, 9.17) is 4.52 Å². The third-order valence-electron chi connectivity index (χ3n) is 4.85. The predicted octanol–water partition coefficient (Wildman–Crippen LogP) is 2.73. The third-order valence-corrected chi connectivity index (χ3v) is 4.85. The van der Waals surface area contributed by atoms with Gasteiger partial charge in [-0.1, -0.05) is 35.5 Å². The van der Waals surface area contributed by atoms with Gasteiger partial charge in [-0.3, -0.25) is 9.69 Å². The highest BCUT2D eigenvalue weighted by atomic mass is 16.5. The maximum atomic E-state index is 12.5. The highest BCUT2D eigenvalue weighted by Gasteiger charge is 2.35. The minimum absolute atomic E-state index is 0.0935. The number of likely N-dealkylation sites (tertiary alicyclic amines) is 1. The van der Waals surface area contributed by atoms with Gasteiger partial charge in [0.05, 0.1) is 12.1 Å². The number of hydrogen-bond acceptors (Lipinski definition) is 4. The van der Waals surface area contributed by atoms with Gasteiger partial charge in [-0.25, -0.2) is 0 Å². The zero-order chi connectivity index (χ0) is 15.8. The molecule has 2 aromatic rings. The van der Waals surface area contributed by atoms with Gasteiger partial charge in [-0.15, -0.1) is 0 Å². The SMILES string of the molecule is CN1CC[C@@H](NC(=O)c2cc(C3CC3)on2)[C@H]1c1ccccc1. The number of nitrogens with one attached hydrogen (secondary N) is 1. The molecule has 23 heavy (non-hydrogen) atoms. The van der Waals surface area contributed by atoms with Crippen molar-refractivity contribution in [3.63, 3.8) is 0 Å². The Morgan fingerprint density at radius 3 is 2.78 bits per heavy atom. The standard InChI is InChI=1S/C18H21N3O2/c1-21-10-9-14(17(21)13-5-3-2-4-6-13)19-18(22)15-11-16(23-20-15)12-7-8-12/h2-6,11-12,14,17H,7-10H2,1H3,(H,19,22)/t14-,17-/m1/s1. The summed E-state index contributed by atoms with van der Waals surface area (Å²) in [6.45, 7) is 0.969. The fourth-order valence-corrected chi connectivity index (χ4v) is 3.43. The van der Waals surface area contributed by atoms with E-state index in [-0.39, 0.29) is 18.0 Å². The Labute approximate surface area is 135 Å². The fourth-order valence-electron chi connectivity index (χ4n) is 3.43. The molecule has 1 aliphatic carbocycles. The average molecular weight is 311 g/mol. The summed E-state index contributed by atoms with van der Waals surface area (Å²) in [5.41, 5.74) is 1.63. The van der Waals surface area contributed by atoms with Crippen LogP contribution in [-0.2, 0) is 0 Å². The molecule has 1 amide bonds. The van der Waals surface area contributed by atoms with Crippen molar-refractivity contribution in [1.82, 2.24) is 15.4 Å². The molecule has 1 aromatic carbocycles. The first kappa shape index (κ1) is 14.5. The molecule has 1 saturated carbocycles. The van der Waals surface area contributed by atoms with Crippen molar-refractivity contribution in [2.45, 2.75) is 37.3 Å². The van der Waals surface area contributed by atoms with E-state index in [1.54, 1.807) is 6.07 Å². The van der Waals surface area contributed by atoms with Crippen molar-refractivity contribution in [2.24, 2.45) is 0 Å². The topological polar surface area (TPSA) is 58.4 Å². The molecule has 0 radical (unpaired) electrons. The van der Waals surface area contributed by atoms with Gasteiger partial charge in [0.2, 0.25) is 0 Å². The van der Waals surface area contributed by atoms with Gasteiger partial charge >= 0.3 is 0 Å². The van der Waals surface area contributed by atoms with Crippen LogP contribution in [0.4, 0.5) is 0 Å². The molecule has 2 aliphatic rings. The molecular formula is C18H21N3O2. The van der Waals surface area contributed by atoms with E-state index in [1.165, 1.54) is 5.56 Å². The maximum absolute atomic E-state index is 12.5. The molecule has 1 saturated heterocycles. The van der Waals surface area contributed by atoms with Crippen LogP contribution in [0.3, 0.4) is 0 Å². The summed E-state index contributed by atoms with van der Waals surface area (Å²) in [5, 5.41) is 7.08. The number of benzene rings is 1. The van der Waals surface area contributed by atoms with Gasteiger partial charge < -0.3 is 9.84 Å². The third kappa shape index (κ3) is 2.88. The minimum atomic E-state index is -0.137. The quantitative estimate of drug-likeness (QED) is 0.943. The van der Waals surface area contributed by atoms with Gasteiger partial charge in [-0.05, 0) is 31.9 Å². The van der Waals surface area contributed by atoms with Crippen molar-refractivity contribution in [3.05, 3.63) is 53.4 Å². The molecular weight excluding hydrogens is 290 g/mol. The number of carbonyl (C=O) groups excluding carboxylic acids is 1. The van der Waals surface area contributed by atoms with Crippen molar-refractivity contribution >= 4 is 5.91 Å². The summed E-state index contributed by atoms with van der Waals surface area (Å²) in [6, 6.07) is 12.4. The van der Waals surface area contributed by atoms with Crippen molar-refractivity contribution in [2.75, 3.05) is 13.6 Å². The molecule has 5 heteroatoms. The molecule has 120 valence electrons. The van der Waals surface area contributed by atoms with Gasteiger partial charge in [0.25, 0.3) is 5.91 Å². The van der Waals surface area contributed by atoms with E-state index >= 15 is 0 Å². The summed E-state index contributed by atoms with van der Waals surface area (Å²) in [5.74, 6) is 1.18. The van der Waals surface area contributed by atoms with Gasteiger partial charge in [0.15, 0.2) is 5.69 Å². The average Bonchev–Trinajstić information content (AvgIpc) is 3.18. The van der Waals surface area contributed by atoms with E-state index in [0.29, 0.717) is 11.6 Å². The fraction of sp³-hybridized carbons (Fsp3) is 0.444. The van der Waals surface area contributed by atoms with Gasteiger partial charge in [-0.2, -0.15) is 0 Å². The first-order valence-electron chi connectivity index (χ1n) is 8.25. The van der Waals surface area contributed by atoms with E-state index < -0.39 is 0 Å². The largest absolute Gasteiger partial charge is 0.360 e. The summed E-state index contributed by atoms with van der Waals surface area (Å²) in [7, 11) is 2.10. The molecule has 0 bridgehead atoms. The molecule has 0 unspecified atom stereocenters. The van der Waals surface area contributed by atoms with E-state index in [2.05, 4.69) is 34.6 Å². The molecule has 2 fully saturated rings. The second-order valence-corrected chi connectivity index (χ2v) is 6.59. The Hall–Kier alpha value is -2.14. The number of likely N-dealkylation sites (N-methyl/N-ethyl adjacent to an activating group) is 1. The van der Waals surface area contributed by atoms with Crippen LogP contribution in [0.15, 0.2) is 40.9 Å². The van der Waals surface area contributed by atoms with Crippen LogP contribution >= 0.6 is 0 Å². The van der Waals surface area contributed by atoms with Crippen LogP contribution in [0, 0.1) is 0 Å². The Bertz CT molecular complexity index is 693. The van der Waals surface area contributed by atoms with E-state index in [1.807, 2.05) is 18.2 Å². The van der Waals surface area contributed by atoms with Crippen LogP contribution in [0.2, 0.25) is 0 Å². The lowest BCUT2D eigenvalue weighted by Crippen LogP contribution is -2.39. The second-order valence-electron chi connectivity index (χ2n) is 6.59. The molecule has 1 N–H and O–H groups in total. The maximum Gasteiger partial charge on any atom is 0.273 e. The van der Waals surface area contributed by atoms with Crippen LogP contribution in [0.25, 0.3) is 0 Å². The summed E-state index contributed by atoms with van der Waals surface area (Å²) in [6.07, 6.45) is 3.22. The monoisotopic (exact) mass is 311 g/mol. The molecule has 1 aromatic heterocycles. The highest BCUT2D eigenvalue weighted by molar-refractivity contribution is 5.92. The first-order chi connectivity index (χ1) is 11.2. The van der Waals surface area contributed by atoms with E-state index in [0.717, 1.165) is 31.6 Å². The zero-order valence-electron chi connectivity index (χ0n) is 13.2. The van der Waals surface area contributed by atoms with Crippen molar-refractivity contribution in [1.29, 1.82) is 0 Å². The zero-order valence-corrected chi connectivity index (χ0v) is 13.2. The Morgan fingerprint density at radius 1 is 1.26 bits per heavy atom. The number of hydrogen-bond donors (Lipinski definition) is 1. The van der Waals surface area contributed by atoms with Crippen molar-refractivity contribution in [3.8, 4) is 0 Å². The van der Waals surface area contributed by atoms with Gasteiger partial charge in [0.1, 0.15) is 5.76 Å². The Kier molecular flexibility index (Phi) is 3.65. The van der Waals surface area contributed by atoms with E-state index in [9.17, 15) is 4.79 Å². The van der Waals surface area contributed by atoms with Crippen LogP contribution in [0.1, 0.15) is 53.0 Å². The molecule has 2 atom stereocenters. The Balaban J connectivity index is 1.49.